The van der Waals surface area contributed by atoms with Crippen LogP contribution in [0.25, 0.3) is 10.9 Å². The summed E-state index contributed by atoms with van der Waals surface area (Å²) in [6, 6.07) is 6.54. The fourth-order valence-electron chi connectivity index (χ4n) is 3.23. The predicted molar refractivity (Wildman–Crippen MR) is 86.5 cm³/mol. The van der Waals surface area contributed by atoms with E-state index in [1.165, 1.54) is 13.0 Å². The van der Waals surface area contributed by atoms with E-state index in [2.05, 4.69) is 15.2 Å². The number of benzene rings is 1. The van der Waals surface area contributed by atoms with Crippen LogP contribution < -0.4 is 4.90 Å². The molecule has 2 N–H and O–H groups in total. The number of anilines is 1. The van der Waals surface area contributed by atoms with Crippen molar-refractivity contribution in [3.8, 4) is 0 Å². The van der Waals surface area contributed by atoms with Crippen LogP contribution in [0.2, 0.25) is 0 Å². The Bertz CT molecular complexity index is 1030. The number of halogens is 3. The summed E-state index contributed by atoms with van der Waals surface area (Å²) in [7, 11) is 0. The van der Waals surface area contributed by atoms with Gasteiger partial charge in [0, 0.05) is 11.8 Å². The number of fused-ring (bicyclic) bond motifs is 2. The topological polar surface area (TPSA) is 82.1 Å². The lowest BCUT2D eigenvalue weighted by Gasteiger charge is -2.30. The van der Waals surface area contributed by atoms with Crippen molar-refractivity contribution in [2.45, 2.75) is 25.2 Å². The third-order valence-corrected chi connectivity index (χ3v) is 4.35. The van der Waals surface area contributed by atoms with Gasteiger partial charge in [-0.05, 0) is 36.8 Å². The van der Waals surface area contributed by atoms with Crippen LogP contribution in [-0.4, -0.2) is 31.9 Å². The van der Waals surface area contributed by atoms with Crippen molar-refractivity contribution in [2.75, 3.05) is 4.90 Å². The van der Waals surface area contributed by atoms with Gasteiger partial charge >= 0.3 is 6.18 Å². The van der Waals surface area contributed by atoms with E-state index in [9.17, 15) is 23.1 Å². The van der Waals surface area contributed by atoms with Crippen molar-refractivity contribution in [2.24, 2.45) is 0 Å². The predicted octanol–water partition coefficient (Wildman–Crippen LogP) is 2.89. The van der Waals surface area contributed by atoms with Gasteiger partial charge in [-0.15, -0.1) is 0 Å². The standard InChI is InChI=1S/C17H13F3N4O2/c1-16(26)7-9-5-12-10(8-21-23-12)6-13(9)24(16)15(25)11-3-2-4-14(22-11)17(18,19)20/h2-6,8,26H,7H2,1H3,(H,21,23). The van der Waals surface area contributed by atoms with Crippen molar-refractivity contribution in [3.63, 3.8) is 0 Å². The van der Waals surface area contributed by atoms with Crippen LogP contribution in [0.3, 0.4) is 0 Å². The number of carbonyl (C=O) groups excluding carboxylic acids is 1. The Morgan fingerprint density at radius 3 is 2.85 bits per heavy atom. The number of aromatic nitrogens is 3. The zero-order chi connectivity index (χ0) is 18.7. The van der Waals surface area contributed by atoms with Crippen LogP contribution >= 0.6 is 0 Å². The minimum Gasteiger partial charge on any atom is -0.370 e. The number of alkyl halides is 3. The second-order valence-corrected chi connectivity index (χ2v) is 6.38. The highest BCUT2D eigenvalue weighted by Crippen LogP contribution is 2.40. The number of pyridine rings is 1. The number of carbonyl (C=O) groups is 1. The van der Waals surface area contributed by atoms with Crippen LogP contribution in [0.5, 0.6) is 0 Å². The molecule has 0 fully saturated rings. The molecule has 6 nitrogen and oxygen atoms in total. The van der Waals surface area contributed by atoms with Crippen LogP contribution in [-0.2, 0) is 12.6 Å². The quantitative estimate of drug-likeness (QED) is 0.697. The van der Waals surface area contributed by atoms with Gasteiger partial charge in [0.1, 0.15) is 17.1 Å². The monoisotopic (exact) mass is 362 g/mol. The van der Waals surface area contributed by atoms with Crippen LogP contribution in [0, 0.1) is 0 Å². The van der Waals surface area contributed by atoms with E-state index < -0.39 is 23.5 Å². The lowest BCUT2D eigenvalue weighted by molar-refractivity contribution is -0.141. The van der Waals surface area contributed by atoms with Crippen molar-refractivity contribution < 1.29 is 23.1 Å². The Kier molecular flexibility index (Phi) is 3.35. The van der Waals surface area contributed by atoms with Crippen molar-refractivity contribution in [1.29, 1.82) is 0 Å². The van der Waals surface area contributed by atoms with Crippen LogP contribution in [0.4, 0.5) is 18.9 Å². The fraction of sp³-hybridized carbons (Fsp3) is 0.235. The minimum atomic E-state index is -4.66. The van der Waals surface area contributed by atoms with Gasteiger partial charge < -0.3 is 5.11 Å². The molecule has 1 amide bonds. The normalized spacial score (nSPS) is 19.8. The van der Waals surface area contributed by atoms with Gasteiger partial charge in [-0.25, -0.2) is 4.98 Å². The number of rotatable bonds is 1. The third kappa shape index (κ3) is 2.51. The summed E-state index contributed by atoms with van der Waals surface area (Å²) in [5.41, 5.74) is -1.28. The molecule has 0 aliphatic carbocycles. The van der Waals surface area contributed by atoms with Gasteiger partial charge in [0.25, 0.3) is 5.91 Å². The summed E-state index contributed by atoms with van der Waals surface area (Å²) in [5, 5.41) is 18.1. The van der Waals surface area contributed by atoms with E-state index in [-0.39, 0.29) is 12.1 Å². The average molecular weight is 362 g/mol. The molecular formula is C17H13F3N4O2. The average Bonchev–Trinajstić information content (AvgIpc) is 3.10. The van der Waals surface area contributed by atoms with Crippen LogP contribution in [0.15, 0.2) is 36.5 Å². The molecular weight excluding hydrogens is 349 g/mol. The van der Waals surface area contributed by atoms with E-state index in [0.29, 0.717) is 11.3 Å². The second-order valence-electron chi connectivity index (χ2n) is 6.38. The largest absolute Gasteiger partial charge is 0.433 e. The fourth-order valence-corrected chi connectivity index (χ4v) is 3.23. The second kappa shape index (κ2) is 5.28. The molecule has 9 heteroatoms. The molecule has 2 aromatic heterocycles. The highest BCUT2D eigenvalue weighted by molar-refractivity contribution is 6.08. The smallest absolute Gasteiger partial charge is 0.370 e. The zero-order valence-corrected chi connectivity index (χ0v) is 13.5. The molecule has 134 valence electrons. The summed E-state index contributed by atoms with van der Waals surface area (Å²) in [6.45, 7) is 1.44. The molecule has 1 aliphatic heterocycles. The molecule has 1 aromatic carbocycles. The number of H-pyrrole nitrogens is 1. The number of nitrogens with one attached hydrogen (secondary N) is 1. The molecule has 0 saturated carbocycles. The van der Waals surface area contributed by atoms with Gasteiger partial charge in [-0.2, -0.15) is 18.3 Å². The molecule has 3 heterocycles. The summed E-state index contributed by atoms with van der Waals surface area (Å²) < 4.78 is 38.7. The molecule has 0 spiro atoms. The summed E-state index contributed by atoms with van der Waals surface area (Å²) in [4.78, 5) is 17.4. The highest BCUT2D eigenvalue weighted by atomic mass is 19.4. The summed E-state index contributed by atoms with van der Waals surface area (Å²) in [5.74, 6) is -0.803. The van der Waals surface area contributed by atoms with Crippen LogP contribution in [0.1, 0.15) is 28.7 Å². The maximum absolute atomic E-state index is 12.9. The van der Waals surface area contributed by atoms with E-state index in [1.807, 2.05) is 0 Å². The molecule has 26 heavy (non-hydrogen) atoms. The number of amides is 1. The number of hydrogen-bond acceptors (Lipinski definition) is 4. The van der Waals surface area contributed by atoms with Gasteiger partial charge in [-0.3, -0.25) is 14.8 Å². The van der Waals surface area contributed by atoms with Crippen molar-refractivity contribution >= 4 is 22.5 Å². The lowest BCUT2D eigenvalue weighted by atomic mass is 10.1. The Labute approximate surface area is 145 Å². The number of aromatic amines is 1. The maximum Gasteiger partial charge on any atom is 0.433 e. The Morgan fingerprint density at radius 2 is 2.12 bits per heavy atom. The summed E-state index contributed by atoms with van der Waals surface area (Å²) in [6.07, 6.45) is -2.96. The van der Waals surface area contributed by atoms with E-state index in [1.54, 1.807) is 18.3 Å². The first kappa shape index (κ1) is 16.5. The van der Waals surface area contributed by atoms with Gasteiger partial charge in [0.15, 0.2) is 0 Å². The molecule has 1 atom stereocenters. The van der Waals surface area contributed by atoms with E-state index in [0.717, 1.165) is 27.9 Å². The number of aliphatic hydroxyl groups is 1. The molecule has 3 aromatic rings. The number of nitrogens with zero attached hydrogens (tertiary/aromatic N) is 3. The summed E-state index contributed by atoms with van der Waals surface area (Å²) >= 11 is 0. The number of hydrogen-bond donors (Lipinski definition) is 2. The van der Waals surface area contributed by atoms with Gasteiger partial charge in [-0.1, -0.05) is 6.07 Å². The molecule has 0 radical (unpaired) electrons. The molecule has 0 bridgehead atoms. The van der Waals surface area contributed by atoms with Crippen molar-refractivity contribution in [3.05, 3.63) is 53.5 Å². The van der Waals surface area contributed by atoms with Gasteiger partial charge in [0.2, 0.25) is 0 Å². The molecule has 0 saturated heterocycles. The Morgan fingerprint density at radius 1 is 1.35 bits per heavy atom. The van der Waals surface area contributed by atoms with Crippen molar-refractivity contribution in [1.82, 2.24) is 15.2 Å². The Hall–Kier alpha value is -2.94. The zero-order valence-electron chi connectivity index (χ0n) is 13.5. The molecule has 1 unspecified atom stereocenters. The minimum absolute atomic E-state index is 0.141. The maximum atomic E-state index is 12.9. The molecule has 4 rings (SSSR count). The van der Waals surface area contributed by atoms with E-state index >= 15 is 0 Å². The third-order valence-electron chi connectivity index (χ3n) is 4.35. The Balaban J connectivity index is 1.81. The SMILES string of the molecule is CC1(O)Cc2cc3[nH]ncc3cc2N1C(=O)c1cccc(C(F)(F)F)n1. The lowest BCUT2D eigenvalue weighted by Crippen LogP contribution is -2.48. The van der Waals surface area contributed by atoms with E-state index in [4.69, 9.17) is 0 Å². The highest BCUT2D eigenvalue weighted by Gasteiger charge is 2.43. The first-order chi connectivity index (χ1) is 12.2. The molecule has 1 aliphatic rings. The van der Waals surface area contributed by atoms with Gasteiger partial charge in [0.05, 0.1) is 17.4 Å². The first-order valence-corrected chi connectivity index (χ1v) is 7.74. The first-order valence-electron chi connectivity index (χ1n) is 7.74.